The molecule has 1 aliphatic carbocycles. The van der Waals surface area contributed by atoms with Crippen LogP contribution >= 0.6 is 0 Å². The van der Waals surface area contributed by atoms with E-state index in [2.05, 4.69) is 5.32 Å². The lowest BCUT2D eigenvalue weighted by Gasteiger charge is -2.28. The van der Waals surface area contributed by atoms with Gasteiger partial charge in [-0.3, -0.25) is 0 Å². The zero-order chi connectivity index (χ0) is 15.8. The zero-order valence-corrected chi connectivity index (χ0v) is 13.0. The number of urea groups is 1. The van der Waals surface area contributed by atoms with Gasteiger partial charge in [0.2, 0.25) is 0 Å². The lowest BCUT2D eigenvalue weighted by Crippen LogP contribution is -2.49. The first-order valence-corrected chi connectivity index (χ1v) is 9.22. The highest BCUT2D eigenvalue weighted by Gasteiger charge is 2.46. The molecule has 1 aliphatic heterocycles. The van der Waals surface area contributed by atoms with Crippen LogP contribution in [0, 0.1) is 5.82 Å². The molecule has 1 saturated carbocycles. The van der Waals surface area contributed by atoms with Gasteiger partial charge in [0.05, 0.1) is 11.5 Å². The molecule has 1 aromatic carbocycles. The minimum absolute atomic E-state index is 0.0128. The van der Waals surface area contributed by atoms with Crippen LogP contribution < -0.4 is 5.32 Å². The number of halogens is 1. The number of carbonyl (C=O) groups is 1. The number of hydrogen-bond donors (Lipinski definition) is 1. The van der Waals surface area contributed by atoms with Gasteiger partial charge < -0.3 is 10.2 Å². The average Bonchev–Trinajstić information content (AvgIpc) is 3.26. The summed E-state index contributed by atoms with van der Waals surface area (Å²) in [6.07, 6.45) is 1.70. The largest absolute Gasteiger partial charge is 0.337 e. The summed E-state index contributed by atoms with van der Waals surface area (Å²) in [5.74, 6) is -0.212. The SMILES string of the molecule is O=C(NCC1(c2ccccc2F)CC1)N1CCS(=O)(=O)CC1. The molecule has 0 unspecified atom stereocenters. The number of carbonyl (C=O) groups excluding carboxylic acids is 1. The Bertz CT molecular complexity index is 672. The summed E-state index contributed by atoms with van der Waals surface area (Å²) < 4.78 is 36.6. The molecular weight excluding hydrogens is 307 g/mol. The third-order valence-electron chi connectivity index (χ3n) is 4.51. The van der Waals surface area contributed by atoms with Gasteiger partial charge in [0.15, 0.2) is 9.84 Å². The van der Waals surface area contributed by atoms with Crippen molar-refractivity contribution in [3.05, 3.63) is 35.6 Å². The van der Waals surface area contributed by atoms with E-state index in [0.29, 0.717) is 12.1 Å². The van der Waals surface area contributed by atoms with Gasteiger partial charge in [-0.25, -0.2) is 17.6 Å². The van der Waals surface area contributed by atoms with Gasteiger partial charge in [-0.05, 0) is 24.5 Å². The van der Waals surface area contributed by atoms with E-state index in [9.17, 15) is 17.6 Å². The summed E-state index contributed by atoms with van der Waals surface area (Å²) >= 11 is 0. The van der Waals surface area contributed by atoms with Gasteiger partial charge >= 0.3 is 6.03 Å². The smallest absolute Gasteiger partial charge is 0.317 e. The molecule has 2 aliphatic rings. The Morgan fingerprint density at radius 2 is 1.86 bits per heavy atom. The molecule has 1 aromatic rings. The normalized spacial score (nSPS) is 22.1. The van der Waals surface area contributed by atoms with Crippen LogP contribution in [-0.2, 0) is 15.3 Å². The second-order valence-corrected chi connectivity index (χ2v) is 8.36. The summed E-state index contributed by atoms with van der Waals surface area (Å²) in [6.45, 7) is 0.831. The Balaban J connectivity index is 1.59. The van der Waals surface area contributed by atoms with Crippen LogP contribution in [0.3, 0.4) is 0 Å². The lowest BCUT2D eigenvalue weighted by atomic mass is 9.95. The number of hydrogen-bond acceptors (Lipinski definition) is 3. The van der Waals surface area contributed by atoms with Crippen LogP contribution in [0.2, 0.25) is 0 Å². The van der Waals surface area contributed by atoms with Gasteiger partial charge in [0.25, 0.3) is 0 Å². The standard InChI is InChI=1S/C15H19FN2O3S/c16-13-4-2-1-3-12(13)15(5-6-15)11-17-14(19)18-7-9-22(20,21)10-8-18/h1-4H,5-11H2,(H,17,19). The van der Waals surface area contributed by atoms with E-state index in [1.807, 2.05) is 0 Å². The molecule has 2 amide bonds. The second-order valence-electron chi connectivity index (χ2n) is 6.06. The molecule has 0 bridgehead atoms. The Hall–Kier alpha value is -1.63. The third-order valence-corrected chi connectivity index (χ3v) is 6.12. The highest BCUT2D eigenvalue weighted by atomic mass is 32.2. The predicted octanol–water partition coefficient (Wildman–Crippen LogP) is 1.30. The number of amides is 2. The highest BCUT2D eigenvalue weighted by molar-refractivity contribution is 7.91. The molecule has 0 spiro atoms. The summed E-state index contributed by atoms with van der Waals surface area (Å²) in [7, 11) is -3.00. The van der Waals surface area contributed by atoms with E-state index in [4.69, 9.17) is 0 Å². The Morgan fingerprint density at radius 3 is 2.45 bits per heavy atom. The molecule has 0 atom stereocenters. The van der Waals surface area contributed by atoms with E-state index in [0.717, 1.165) is 12.8 Å². The average molecular weight is 326 g/mol. The topological polar surface area (TPSA) is 66.5 Å². The van der Waals surface area contributed by atoms with Crippen molar-refractivity contribution < 1.29 is 17.6 Å². The van der Waals surface area contributed by atoms with Gasteiger partial charge in [0, 0.05) is 25.0 Å². The van der Waals surface area contributed by atoms with Crippen molar-refractivity contribution in [1.29, 1.82) is 0 Å². The number of nitrogens with one attached hydrogen (secondary N) is 1. The fraction of sp³-hybridized carbons (Fsp3) is 0.533. The van der Waals surface area contributed by atoms with Crippen molar-refractivity contribution in [2.75, 3.05) is 31.1 Å². The monoisotopic (exact) mass is 326 g/mol. The van der Waals surface area contributed by atoms with Crippen molar-refractivity contribution in [3.8, 4) is 0 Å². The number of nitrogens with zero attached hydrogens (tertiary/aromatic N) is 1. The molecule has 1 saturated heterocycles. The van der Waals surface area contributed by atoms with Crippen molar-refractivity contribution in [1.82, 2.24) is 10.2 Å². The summed E-state index contributed by atoms with van der Waals surface area (Å²) in [5.41, 5.74) is 0.347. The second kappa shape index (κ2) is 5.53. The molecule has 1 heterocycles. The lowest BCUT2D eigenvalue weighted by molar-refractivity contribution is 0.201. The van der Waals surface area contributed by atoms with Crippen LogP contribution in [0.5, 0.6) is 0 Å². The molecule has 120 valence electrons. The molecule has 2 fully saturated rings. The van der Waals surface area contributed by atoms with E-state index in [1.54, 1.807) is 18.2 Å². The van der Waals surface area contributed by atoms with Gasteiger partial charge in [-0.15, -0.1) is 0 Å². The van der Waals surface area contributed by atoms with Gasteiger partial charge in [-0.1, -0.05) is 18.2 Å². The molecular formula is C15H19FN2O3S. The number of sulfone groups is 1. The van der Waals surface area contributed by atoms with E-state index >= 15 is 0 Å². The van der Waals surface area contributed by atoms with Crippen molar-refractivity contribution in [2.45, 2.75) is 18.3 Å². The highest BCUT2D eigenvalue weighted by Crippen LogP contribution is 2.48. The van der Waals surface area contributed by atoms with E-state index in [-0.39, 0.29) is 41.9 Å². The first-order chi connectivity index (χ1) is 10.4. The molecule has 22 heavy (non-hydrogen) atoms. The summed E-state index contributed by atoms with van der Waals surface area (Å²) in [5, 5.41) is 2.83. The maximum absolute atomic E-state index is 13.9. The quantitative estimate of drug-likeness (QED) is 0.910. The fourth-order valence-electron chi connectivity index (χ4n) is 2.86. The van der Waals surface area contributed by atoms with Crippen LogP contribution in [0.1, 0.15) is 18.4 Å². The fourth-order valence-corrected chi connectivity index (χ4v) is 4.06. The number of rotatable bonds is 3. The van der Waals surface area contributed by atoms with E-state index in [1.165, 1.54) is 11.0 Å². The summed E-state index contributed by atoms with van der Waals surface area (Å²) in [4.78, 5) is 13.6. The van der Waals surface area contributed by atoms with Crippen molar-refractivity contribution >= 4 is 15.9 Å². The summed E-state index contributed by atoms with van der Waals surface area (Å²) in [6, 6.07) is 6.39. The Morgan fingerprint density at radius 1 is 1.23 bits per heavy atom. The third kappa shape index (κ3) is 3.09. The molecule has 3 rings (SSSR count). The minimum Gasteiger partial charge on any atom is -0.337 e. The van der Waals surface area contributed by atoms with Crippen LogP contribution in [0.15, 0.2) is 24.3 Å². The molecule has 5 nitrogen and oxygen atoms in total. The van der Waals surface area contributed by atoms with Crippen LogP contribution in [-0.4, -0.2) is 50.5 Å². The van der Waals surface area contributed by atoms with Crippen LogP contribution in [0.25, 0.3) is 0 Å². The maximum atomic E-state index is 13.9. The van der Waals surface area contributed by atoms with Crippen molar-refractivity contribution in [3.63, 3.8) is 0 Å². The van der Waals surface area contributed by atoms with Gasteiger partial charge in [-0.2, -0.15) is 0 Å². The Labute approximate surface area is 129 Å². The molecule has 0 radical (unpaired) electrons. The predicted molar refractivity (Wildman–Crippen MR) is 80.9 cm³/mol. The molecule has 0 aromatic heterocycles. The Kier molecular flexibility index (Phi) is 3.84. The minimum atomic E-state index is -3.00. The molecule has 1 N–H and O–H groups in total. The van der Waals surface area contributed by atoms with Crippen molar-refractivity contribution in [2.24, 2.45) is 0 Å². The molecule has 7 heteroatoms. The number of benzene rings is 1. The first-order valence-electron chi connectivity index (χ1n) is 7.40. The zero-order valence-electron chi connectivity index (χ0n) is 12.2. The van der Waals surface area contributed by atoms with E-state index < -0.39 is 9.84 Å². The first kappa shape index (κ1) is 15.3. The van der Waals surface area contributed by atoms with Gasteiger partial charge in [0.1, 0.15) is 5.82 Å². The van der Waals surface area contributed by atoms with Crippen LogP contribution in [0.4, 0.5) is 9.18 Å². The maximum Gasteiger partial charge on any atom is 0.317 e.